The van der Waals surface area contributed by atoms with E-state index < -0.39 is 36.2 Å². The molecule has 104 valence electrons. The number of alkyl halides is 6. The van der Waals surface area contributed by atoms with Gasteiger partial charge < -0.3 is 4.74 Å². The van der Waals surface area contributed by atoms with E-state index in [1.165, 1.54) is 0 Å². The highest BCUT2D eigenvalue weighted by Gasteiger charge is 2.34. The lowest BCUT2D eigenvalue weighted by Gasteiger charge is -2.16. The molecule has 9 heteroatoms. The second-order valence-corrected chi connectivity index (χ2v) is 3.85. The summed E-state index contributed by atoms with van der Waals surface area (Å²) in [6.07, 6.45) is -8.86. The zero-order valence-corrected chi connectivity index (χ0v) is 10.7. The standard InChI is InChI=1S/C10H6BrF5N2O/c11-4-5-3-7(19-10(14,15)16)8(9(12)13)6(18-5)1-2-17/h3,9H,1,4H2. The fraction of sp³-hybridized carbons (Fsp3) is 0.400. The van der Waals surface area contributed by atoms with Crippen LogP contribution in [0.1, 0.15) is 23.4 Å². The zero-order valence-electron chi connectivity index (χ0n) is 9.14. The van der Waals surface area contributed by atoms with Crippen LogP contribution >= 0.6 is 15.9 Å². The molecule has 0 aliphatic heterocycles. The summed E-state index contributed by atoms with van der Waals surface area (Å²) in [4.78, 5) is 3.70. The van der Waals surface area contributed by atoms with Crippen molar-refractivity contribution in [1.29, 1.82) is 5.26 Å². The van der Waals surface area contributed by atoms with E-state index in [1.807, 2.05) is 0 Å². The molecule has 0 N–H and O–H groups in total. The number of hydrogen-bond donors (Lipinski definition) is 0. The third-order valence-corrected chi connectivity index (χ3v) is 2.55. The lowest BCUT2D eigenvalue weighted by atomic mass is 10.1. The van der Waals surface area contributed by atoms with Crippen LogP contribution in [0, 0.1) is 11.3 Å². The van der Waals surface area contributed by atoms with Crippen LogP contribution in [0.5, 0.6) is 5.75 Å². The minimum absolute atomic E-state index is 0.0448. The smallest absolute Gasteiger partial charge is 0.405 e. The fourth-order valence-corrected chi connectivity index (χ4v) is 1.65. The Kier molecular flexibility index (Phi) is 5.05. The normalized spacial score (nSPS) is 11.5. The minimum Gasteiger partial charge on any atom is -0.405 e. The molecule has 1 aromatic heterocycles. The lowest BCUT2D eigenvalue weighted by molar-refractivity contribution is -0.275. The summed E-state index contributed by atoms with van der Waals surface area (Å²) in [5, 5.41) is 8.55. The summed E-state index contributed by atoms with van der Waals surface area (Å²) >= 11 is 2.95. The topological polar surface area (TPSA) is 45.9 Å². The van der Waals surface area contributed by atoms with Gasteiger partial charge in [0.05, 0.1) is 29.4 Å². The Hall–Kier alpha value is -1.43. The van der Waals surface area contributed by atoms with Crippen molar-refractivity contribution in [2.45, 2.75) is 24.5 Å². The molecule has 0 saturated carbocycles. The molecule has 0 atom stereocenters. The van der Waals surface area contributed by atoms with Crippen LogP contribution in [0.15, 0.2) is 6.07 Å². The second-order valence-electron chi connectivity index (χ2n) is 3.29. The van der Waals surface area contributed by atoms with Gasteiger partial charge in [-0.05, 0) is 0 Å². The van der Waals surface area contributed by atoms with Gasteiger partial charge in [-0.3, -0.25) is 4.98 Å². The Morgan fingerprint density at radius 2 is 2.05 bits per heavy atom. The highest BCUT2D eigenvalue weighted by Crippen LogP contribution is 2.35. The molecule has 0 aliphatic rings. The number of aromatic nitrogens is 1. The Labute approximate surface area is 113 Å². The van der Waals surface area contributed by atoms with E-state index in [0.29, 0.717) is 0 Å². The quantitative estimate of drug-likeness (QED) is 0.615. The van der Waals surface area contributed by atoms with Gasteiger partial charge in [-0.1, -0.05) is 15.9 Å². The van der Waals surface area contributed by atoms with Crippen molar-refractivity contribution in [3.63, 3.8) is 0 Å². The van der Waals surface area contributed by atoms with Crippen LogP contribution in [0.2, 0.25) is 0 Å². The van der Waals surface area contributed by atoms with Crippen molar-refractivity contribution in [2.75, 3.05) is 0 Å². The molecule has 1 rings (SSSR count). The highest BCUT2D eigenvalue weighted by molar-refractivity contribution is 9.08. The molecule has 3 nitrogen and oxygen atoms in total. The van der Waals surface area contributed by atoms with Gasteiger partial charge in [-0.15, -0.1) is 13.2 Å². The first-order chi connectivity index (χ1) is 8.78. The largest absolute Gasteiger partial charge is 0.573 e. The first kappa shape index (κ1) is 15.6. The van der Waals surface area contributed by atoms with E-state index in [4.69, 9.17) is 5.26 Å². The van der Waals surface area contributed by atoms with Crippen LogP contribution in [0.4, 0.5) is 22.0 Å². The van der Waals surface area contributed by atoms with E-state index >= 15 is 0 Å². The lowest BCUT2D eigenvalue weighted by Crippen LogP contribution is -2.19. The zero-order chi connectivity index (χ0) is 14.6. The molecule has 0 spiro atoms. The number of hydrogen-bond acceptors (Lipinski definition) is 3. The number of halogens is 6. The SMILES string of the molecule is N#CCc1nc(CBr)cc(OC(F)(F)F)c1C(F)F. The molecular formula is C10H6BrF5N2O. The molecule has 0 unspecified atom stereocenters. The van der Waals surface area contributed by atoms with Gasteiger partial charge in [0.15, 0.2) is 0 Å². The summed E-state index contributed by atoms with van der Waals surface area (Å²) < 4.78 is 65.7. The van der Waals surface area contributed by atoms with Crippen LogP contribution in [-0.4, -0.2) is 11.3 Å². The molecule has 0 radical (unpaired) electrons. The molecule has 0 bridgehead atoms. The van der Waals surface area contributed by atoms with Crippen LogP contribution in [-0.2, 0) is 11.8 Å². The van der Waals surface area contributed by atoms with Gasteiger partial charge >= 0.3 is 6.36 Å². The molecule has 19 heavy (non-hydrogen) atoms. The third-order valence-electron chi connectivity index (χ3n) is 1.98. The maximum Gasteiger partial charge on any atom is 0.573 e. The van der Waals surface area contributed by atoms with Gasteiger partial charge in [0, 0.05) is 11.4 Å². The van der Waals surface area contributed by atoms with Gasteiger partial charge in [-0.25, -0.2) is 8.78 Å². The number of rotatable bonds is 4. The summed E-state index contributed by atoms with van der Waals surface area (Å²) in [6, 6.07) is 2.34. The number of nitrogens with zero attached hydrogens (tertiary/aromatic N) is 2. The van der Waals surface area contributed by atoms with Gasteiger partial charge in [0.25, 0.3) is 6.43 Å². The molecule has 0 aromatic carbocycles. The maximum absolute atomic E-state index is 12.8. The predicted octanol–water partition coefficient (Wildman–Crippen LogP) is 3.88. The molecule has 0 amide bonds. The van der Waals surface area contributed by atoms with Gasteiger partial charge in [0.1, 0.15) is 5.75 Å². The number of pyridine rings is 1. The maximum atomic E-state index is 12.8. The molecule has 1 aromatic rings. The Bertz CT molecular complexity index is 498. The molecule has 0 aliphatic carbocycles. The summed E-state index contributed by atoms with van der Waals surface area (Å²) in [7, 11) is 0. The predicted molar refractivity (Wildman–Crippen MR) is 57.8 cm³/mol. The average Bonchev–Trinajstić information content (AvgIpc) is 2.26. The molecular weight excluding hydrogens is 339 g/mol. The second kappa shape index (κ2) is 6.14. The van der Waals surface area contributed by atoms with Crippen LogP contribution in [0.25, 0.3) is 0 Å². The van der Waals surface area contributed by atoms with Crippen molar-refractivity contribution in [2.24, 2.45) is 0 Å². The van der Waals surface area contributed by atoms with Crippen molar-refractivity contribution in [3.8, 4) is 11.8 Å². The van der Waals surface area contributed by atoms with E-state index in [1.54, 1.807) is 6.07 Å². The monoisotopic (exact) mass is 344 g/mol. The Balaban J connectivity index is 3.40. The fourth-order valence-electron chi connectivity index (χ4n) is 1.36. The van der Waals surface area contributed by atoms with Crippen molar-refractivity contribution >= 4 is 15.9 Å². The van der Waals surface area contributed by atoms with E-state index in [2.05, 4.69) is 25.7 Å². The Morgan fingerprint density at radius 3 is 2.47 bits per heavy atom. The number of nitriles is 1. The minimum atomic E-state index is -5.10. The highest BCUT2D eigenvalue weighted by atomic mass is 79.9. The molecule has 1 heterocycles. The third kappa shape index (κ3) is 4.31. The first-order valence-electron chi connectivity index (χ1n) is 4.78. The van der Waals surface area contributed by atoms with Crippen molar-refractivity contribution in [1.82, 2.24) is 4.98 Å². The van der Waals surface area contributed by atoms with Crippen LogP contribution in [0.3, 0.4) is 0 Å². The van der Waals surface area contributed by atoms with Crippen molar-refractivity contribution in [3.05, 3.63) is 23.0 Å². The van der Waals surface area contributed by atoms with Crippen LogP contribution < -0.4 is 4.74 Å². The van der Waals surface area contributed by atoms with E-state index in [9.17, 15) is 22.0 Å². The summed E-state index contributed by atoms with van der Waals surface area (Å²) in [5.74, 6) is -1.03. The Morgan fingerprint density at radius 1 is 1.42 bits per heavy atom. The van der Waals surface area contributed by atoms with Gasteiger partial charge in [0.2, 0.25) is 0 Å². The average molecular weight is 345 g/mol. The van der Waals surface area contributed by atoms with Crippen molar-refractivity contribution < 1.29 is 26.7 Å². The molecule has 0 fully saturated rings. The van der Waals surface area contributed by atoms with Gasteiger partial charge in [-0.2, -0.15) is 5.26 Å². The molecule has 0 saturated heterocycles. The van der Waals surface area contributed by atoms with E-state index in [-0.39, 0.29) is 11.0 Å². The van der Waals surface area contributed by atoms with E-state index in [0.717, 1.165) is 6.07 Å². The summed E-state index contributed by atoms with van der Waals surface area (Å²) in [5.41, 5.74) is -1.37. The number of ether oxygens (including phenoxy) is 1. The first-order valence-corrected chi connectivity index (χ1v) is 5.90. The summed E-state index contributed by atoms with van der Waals surface area (Å²) in [6.45, 7) is 0.